The number of allylic oxidation sites excluding steroid dienone is 2. The summed E-state index contributed by atoms with van der Waals surface area (Å²) < 4.78 is 30.5. The van der Waals surface area contributed by atoms with Gasteiger partial charge in [-0.15, -0.1) is 0 Å². The second kappa shape index (κ2) is 15.5. The monoisotopic (exact) mass is 545 g/mol. The van der Waals surface area contributed by atoms with E-state index in [0.29, 0.717) is 30.1 Å². The van der Waals surface area contributed by atoms with Gasteiger partial charge in [-0.1, -0.05) is 71.8 Å². The standard InChI is InChI=1S/C28H35NO6S2/c1-21(15-16-36-20-26(28(31)32)29-37(3,33)34)9-7-10-22(2)18-35-19-23-11-8-14-25(17-23)27(30)24-12-5-4-6-13-24/h4-6,8,10-15,17,26,29H,7,9,16,18-20H2,1-3H3,(H,31,32)/b21-15+,22-10+/t26-/m0/s1. The van der Waals surface area contributed by atoms with Crippen molar-refractivity contribution < 1.29 is 27.9 Å². The molecule has 2 N–H and O–H groups in total. The van der Waals surface area contributed by atoms with Gasteiger partial charge in [0.1, 0.15) is 6.04 Å². The molecule has 0 amide bonds. The number of carboxylic acids is 1. The fourth-order valence-corrected chi connectivity index (χ4v) is 5.20. The molecular weight excluding hydrogens is 510 g/mol. The number of carboxylic acid groups (broad SMARTS) is 1. The average molecular weight is 546 g/mol. The van der Waals surface area contributed by atoms with E-state index in [1.165, 1.54) is 17.3 Å². The van der Waals surface area contributed by atoms with E-state index >= 15 is 0 Å². The summed E-state index contributed by atoms with van der Waals surface area (Å²) in [4.78, 5) is 23.8. The van der Waals surface area contributed by atoms with Crippen LogP contribution in [0.2, 0.25) is 0 Å². The van der Waals surface area contributed by atoms with E-state index in [-0.39, 0.29) is 11.5 Å². The highest BCUT2D eigenvalue weighted by Crippen LogP contribution is 2.14. The Hall–Kier alpha value is -2.72. The van der Waals surface area contributed by atoms with Gasteiger partial charge in [0.15, 0.2) is 5.78 Å². The third kappa shape index (κ3) is 12.4. The van der Waals surface area contributed by atoms with Gasteiger partial charge in [-0.05, 0) is 38.3 Å². The third-order valence-electron chi connectivity index (χ3n) is 5.34. The molecule has 200 valence electrons. The van der Waals surface area contributed by atoms with Gasteiger partial charge in [0.25, 0.3) is 0 Å². The second-order valence-electron chi connectivity index (χ2n) is 8.85. The van der Waals surface area contributed by atoms with Gasteiger partial charge in [0.2, 0.25) is 10.0 Å². The van der Waals surface area contributed by atoms with Gasteiger partial charge in [-0.3, -0.25) is 9.59 Å². The van der Waals surface area contributed by atoms with Crippen molar-refractivity contribution >= 4 is 33.5 Å². The molecule has 0 spiro atoms. The molecule has 7 nitrogen and oxygen atoms in total. The van der Waals surface area contributed by atoms with E-state index in [9.17, 15) is 18.0 Å². The molecule has 2 aromatic rings. The summed E-state index contributed by atoms with van der Waals surface area (Å²) in [6, 6.07) is 15.6. The number of nitrogens with one attached hydrogen (secondary N) is 1. The van der Waals surface area contributed by atoms with Gasteiger partial charge in [-0.25, -0.2) is 13.1 Å². The predicted octanol–water partition coefficient (Wildman–Crippen LogP) is 4.84. The number of sulfonamides is 1. The smallest absolute Gasteiger partial charge is 0.322 e. The van der Waals surface area contributed by atoms with Crippen molar-refractivity contribution in [2.75, 3.05) is 24.4 Å². The van der Waals surface area contributed by atoms with Crippen LogP contribution in [0.3, 0.4) is 0 Å². The Morgan fingerprint density at radius 3 is 2.41 bits per heavy atom. The van der Waals surface area contributed by atoms with Crippen molar-refractivity contribution in [3.63, 3.8) is 0 Å². The summed E-state index contributed by atoms with van der Waals surface area (Å²) in [5.41, 5.74) is 4.55. The molecule has 37 heavy (non-hydrogen) atoms. The van der Waals surface area contributed by atoms with E-state index in [2.05, 4.69) is 10.8 Å². The van der Waals surface area contributed by atoms with E-state index in [0.717, 1.165) is 30.2 Å². The van der Waals surface area contributed by atoms with Crippen LogP contribution in [0.5, 0.6) is 0 Å². The van der Waals surface area contributed by atoms with Crippen LogP contribution in [-0.2, 0) is 26.2 Å². The number of ketones is 1. The van der Waals surface area contributed by atoms with Gasteiger partial charge in [0, 0.05) is 22.6 Å². The summed E-state index contributed by atoms with van der Waals surface area (Å²) in [5, 5.41) is 9.13. The fourth-order valence-electron chi connectivity index (χ4n) is 3.40. The van der Waals surface area contributed by atoms with Gasteiger partial charge < -0.3 is 9.84 Å². The number of thioether (sulfide) groups is 1. The molecule has 0 aliphatic rings. The van der Waals surface area contributed by atoms with Crippen molar-refractivity contribution in [1.29, 1.82) is 0 Å². The summed E-state index contributed by atoms with van der Waals surface area (Å²) in [7, 11) is -3.57. The number of carbonyl (C=O) groups excluding carboxylic acids is 1. The lowest BCUT2D eigenvalue weighted by molar-refractivity contribution is -0.138. The van der Waals surface area contributed by atoms with Crippen LogP contribution >= 0.6 is 11.8 Å². The Bertz CT molecular complexity index is 1210. The zero-order chi connectivity index (χ0) is 27.3. The van der Waals surface area contributed by atoms with Crippen LogP contribution in [0.1, 0.15) is 48.2 Å². The quantitative estimate of drug-likeness (QED) is 0.176. The number of carbonyl (C=O) groups is 2. The highest BCUT2D eigenvalue weighted by molar-refractivity contribution is 7.99. The topological polar surface area (TPSA) is 110 Å². The highest BCUT2D eigenvalue weighted by Gasteiger charge is 2.20. The number of benzene rings is 2. The molecule has 2 rings (SSSR count). The normalized spacial score (nSPS) is 13.4. The first kappa shape index (κ1) is 30.5. The van der Waals surface area contributed by atoms with Crippen LogP contribution in [0, 0.1) is 0 Å². The first-order valence-electron chi connectivity index (χ1n) is 11.9. The van der Waals surface area contributed by atoms with Gasteiger partial charge in [0.05, 0.1) is 19.5 Å². The van der Waals surface area contributed by atoms with Crippen LogP contribution < -0.4 is 4.72 Å². The second-order valence-corrected chi connectivity index (χ2v) is 11.7. The maximum Gasteiger partial charge on any atom is 0.322 e. The molecule has 0 aliphatic heterocycles. The number of ether oxygens (including phenoxy) is 1. The molecule has 0 saturated carbocycles. The minimum absolute atomic E-state index is 0.00683. The minimum Gasteiger partial charge on any atom is -0.480 e. The van der Waals surface area contributed by atoms with E-state index in [4.69, 9.17) is 9.84 Å². The Balaban J connectivity index is 1.71. The van der Waals surface area contributed by atoms with Crippen molar-refractivity contribution in [3.8, 4) is 0 Å². The van der Waals surface area contributed by atoms with Crippen LogP contribution in [0.4, 0.5) is 0 Å². The van der Waals surface area contributed by atoms with Crippen molar-refractivity contribution in [3.05, 3.63) is 94.6 Å². The number of rotatable bonds is 16. The molecule has 1 atom stereocenters. The Morgan fingerprint density at radius 2 is 1.73 bits per heavy atom. The molecular formula is C28H35NO6S2. The van der Waals surface area contributed by atoms with Crippen LogP contribution in [0.15, 0.2) is 77.9 Å². The number of hydrogen-bond donors (Lipinski definition) is 2. The molecule has 0 aliphatic carbocycles. The van der Waals surface area contributed by atoms with E-state index in [1.807, 2.05) is 74.5 Å². The number of aliphatic carboxylic acids is 1. The molecule has 0 fully saturated rings. The van der Waals surface area contributed by atoms with E-state index in [1.54, 1.807) is 0 Å². The van der Waals surface area contributed by atoms with Crippen molar-refractivity contribution in [1.82, 2.24) is 4.72 Å². The predicted molar refractivity (Wildman–Crippen MR) is 149 cm³/mol. The molecule has 9 heteroatoms. The minimum atomic E-state index is -3.57. The average Bonchev–Trinajstić information content (AvgIpc) is 2.85. The van der Waals surface area contributed by atoms with Gasteiger partial charge >= 0.3 is 5.97 Å². The molecule has 2 aromatic carbocycles. The molecule has 0 saturated heterocycles. The Kier molecular flexibility index (Phi) is 12.8. The summed E-state index contributed by atoms with van der Waals surface area (Å²) in [6.45, 7) is 4.96. The summed E-state index contributed by atoms with van der Waals surface area (Å²) in [6.07, 6.45) is 6.84. The lowest BCUT2D eigenvalue weighted by Crippen LogP contribution is -2.42. The van der Waals surface area contributed by atoms with Crippen LogP contribution in [0.25, 0.3) is 0 Å². The highest BCUT2D eigenvalue weighted by atomic mass is 32.2. The maximum absolute atomic E-state index is 12.6. The summed E-state index contributed by atoms with van der Waals surface area (Å²) in [5.74, 6) is -0.424. The lowest BCUT2D eigenvalue weighted by atomic mass is 10.0. The Morgan fingerprint density at radius 1 is 1.03 bits per heavy atom. The first-order chi connectivity index (χ1) is 17.5. The molecule has 0 radical (unpaired) electrons. The zero-order valence-electron chi connectivity index (χ0n) is 21.5. The van der Waals surface area contributed by atoms with Crippen molar-refractivity contribution in [2.24, 2.45) is 0 Å². The molecule has 0 unspecified atom stereocenters. The molecule has 0 bridgehead atoms. The maximum atomic E-state index is 12.6. The molecule has 0 aromatic heterocycles. The largest absolute Gasteiger partial charge is 0.480 e. The molecule has 0 heterocycles. The SMILES string of the molecule is C/C(=C\CSC[C@H](NS(C)(=O)=O)C(=O)O)CC/C=C(\C)COCc1cccc(C(=O)c2ccccc2)c1. The van der Waals surface area contributed by atoms with Crippen LogP contribution in [-0.4, -0.2) is 55.7 Å². The zero-order valence-corrected chi connectivity index (χ0v) is 23.1. The van der Waals surface area contributed by atoms with Crippen molar-refractivity contribution in [2.45, 2.75) is 39.3 Å². The first-order valence-corrected chi connectivity index (χ1v) is 15.0. The summed E-state index contributed by atoms with van der Waals surface area (Å²) >= 11 is 1.37. The van der Waals surface area contributed by atoms with E-state index < -0.39 is 22.0 Å². The Labute approximate surface area is 224 Å². The number of hydrogen-bond acceptors (Lipinski definition) is 6. The third-order valence-corrected chi connectivity index (χ3v) is 7.03. The van der Waals surface area contributed by atoms with Gasteiger partial charge in [-0.2, -0.15) is 11.8 Å². The fraction of sp³-hybridized carbons (Fsp3) is 0.357. The lowest BCUT2D eigenvalue weighted by Gasteiger charge is -2.11.